The molecule has 5 rings (SSSR count). The Morgan fingerprint density at radius 3 is 2.42 bits per heavy atom. The van der Waals surface area contributed by atoms with Crippen LogP contribution >= 0.6 is 0 Å². The minimum absolute atomic E-state index is 0.0972. The molecule has 26 heavy (non-hydrogen) atoms. The van der Waals surface area contributed by atoms with Gasteiger partial charge in [0, 0.05) is 11.0 Å². The first-order chi connectivity index (χ1) is 12.5. The van der Waals surface area contributed by atoms with Gasteiger partial charge in [-0.15, -0.1) is 10.2 Å². The van der Waals surface area contributed by atoms with Crippen LogP contribution in [0.3, 0.4) is 0 Å². The Balaban J connectivity index is 1.47. The molecule has 1 heterocycles. The highest BCUT2D eigenvalue weighted by atomic mass is 16.4. The summed E-state index contributed by atoms with van der Waals surface area (Å²) in [7, 11) is 0. The zero-order valence-electron chi connectivity index (χ0n) is 16.0. The number of hydrogen-bond acceptors (Lipinski definition) is 4. The van der Waals surface area contributed by atoms with Gasteiger partial charge >= 0.3 is 0 Å². The van der Waals surface area contributed by atoms with Crippen molar-refractivity contribution in [3.8, 4) is 11.5 Å². The summed E-state index contributed by atoms with van der Waals surface area (Å²) >= 11 is 0. The summed E-state index contributed by atoms with van der Waals surface area (Å²) in [6.07, 6.45) is 10.4. The summed E-state index contributed by atoms with van der Waals surface area (Å²) in [6.45, 7) is 3.98. The molecule has 0 radical (unpaired) electrons. The molecule has 0 saturated heterocycles. The zero-order chi connectivity index (χ0) is 18.2. The fourth-order valence-corrected chi connectivity index (χ4v) is 5.09. The molecule has 140 valence electrons. The van der Waals surface area contributed by atoms with Crippen LogP contribution in [0.2, 0.25) is 0 Å². The van der Waals surface area contributed by atoms with Crippen molar-refractivity contribution in [3.05, 3.63) is 35.7 Å². The maximum atomic E-state index is 9.53. The van der Waals surface area contributed by atoms with Crippen LogP contribution in [-0.2, 0) is 5.41 Å². The predicted molar refractivity (Wildman–Crippen MR) is 102 cm³/mol. The van der Waals surface area contributed by atoms with Crippen LogP contribution in [-0.4, -0.2) is 21.4 Å². The molecular formula is C22H30N2O2. The van der Waals surface area contributed by atoms with Crippen molar-refractivity contribution in [1.82, 2.24) is 10.2 Å². The lowest BCUT2D eigenvalue weighted by Crippen LogP contribution is -2.44. The summed E-state index contributed by atoms with van der Waals surface area (Å²) in [5, 5.41) is 18.4. The maximum Gasteiger partial charge on any atom is 0.248 e. The molecule has 4 heteroatoms. The van der Waals surface area contributed by atoms with Crippen molar-refractivity contribution in [3.63, 3.8) is 0 Å². The summed E-state index contributed by atoms with van der Waals surface area (Å²) in [5.74, 6) is 1.51. The van der Waals surface area contributed by atoms with Crippen LogP contribution in [0.1, 0.15) is 76.2 Å². The van der Waals surface area contributed by atoms with Crippen LogP contribution in [0.15, 0.2) is 28.7 Å². The van der Waals surface area contributed by atoms with Gasteiger partial charge in [-0.05, 0) is 82.3 Å². The number of hydrogen-bond donors (Lipinski definition) is 1. The molecular weight excluding hydrogens is 324 g/mol. The van der Waals surface area contributed by atoms with E-state index in [0.29, 0.717) is 11.3 Å². The average molecular weight is 354 g/mol. The molecule has 1 aromatic carbocycles. The van der Waals surface area contributed by atoms with E-state index in [9.17, 15) is 5.11 Å². The van der Waals surface area contributed by atoms with Gasteiger partial charge < -0.3 is 9.52 Å². The van der Waals surface area contributed by atoms with Gasteiger partial charge in [-0.25, -0.2) is 0 Å². The van der Waals surface area contributed by atoms with E-state index in [-0.39, 0.29) is 11.5 Å². The largest absolute Gasteiger partial charge is 0.420 e. The normalized spacial score (nSPS) is 29.0. The smallest absolute Gasteiger partial charge is 0.248 e. The Hall–Kier alpha value is -1.68. The molecule has 4 nitrogen and oxygen atoms in total. The van der Waals surface area contributed by atoms with Crippen LogP contribution in [0.25, 0.3) is 11.5 Å². The number of aromatic nitrogens is 2. The van der Waals surface area contributed by atoms with Crippen molar-refractivity contribution in [2.45, 2.75) is 83.2 Å². The quantitative estimate of drug-likeness (QED) is 0.776. The Morgan fingerprint density at radius 2 is 1.77 bits per heavy atom. The standard InChI is InChI=1S/C22H30N2O2/c1-16-6-3-4-8-18(16)19-23-24-20(26-19)22-13-10-21(11-14-22,12-15-22)9-5-7-17(2)25/h3-4,6,8,17,25H,5,7,9-15H2,1-2H3. The van der Waals surface area contributed by atoms with Crippen molar-refractivity contribution >= 4 is 0 Å². The highest BCUT2D eigenvalue weighted by molar-refractivity contribution is 5.57. The molecule has 2 aromatic rings. The summed E-state index contributed by atoms with van der Waals surface area (Å²) in [6, 6.07) is 8.20. The van der Waals surface area contributed by atoms with Gasteiger partial charge in [-0.1, -0.05) is 24.6 Å². The molecule has 1 aromatic heterocycles. The molecule has 1 unspecified atom stereocenters. The number of benzene rings is 1. The third kappa shape index (κ3) is 3.20. The van der Waals surface area contributed by atoms with E-state index in [1.54, 1.807) is 0 Å². The molecule has 0 spiro atoms. The molecule has 0 amide bonds. The molecule has 3 aliphatic carbocycles. The minimum Gasteiger partial charge on any atom is -0.420 e. The number of nitrogens with zero attached hydrogens (tertiary/aromatic N) is 2. The number of aliphatic hydroxyl groups excluding tert-OH is 1. The van der Waals surface area contributed by atoms with Crippen molar-refractivity contribution < 1.29 is 9.52 Å². The molecule has 1 N–H and O–H groups in total. The molecule has 0 aliphatic heterocycles. The van der Waals surface area contributed by atoms with E-state index >= 15 is 0 Å². The Kier molecular flexibility index (Phi) is 4.64. The zero-order valence-corrected chi connectivity index (χ0v) is 16.0. The predicted octanol–water partition coefficient (Wildman–Crippen LogP) is 5.19. The lowest BCUT2D eigenvalue weighted by molar-refractivity contribution is 0.0155. The van der Waals surface area contributed by atoms with E-state index in [1.807, 2.05) is 19.1 Å². The number of rotatable bonds is 6. The second-order valence-electron chi connectivity index (χ2n) is 8.75. The Bertz CT molecular complexity index is 740. The summed E-state index contributed by atoms with van der Waals surface area (Å²) in [5.41, 5.74) is 2.81. The van der Waals surface area contributed by atoms with E-state index in [0.717, 1.165) is 43.6 Å². The fraction of sp³-hybridized carbons (Fsp3) is 0.636. The van der Waals surface area contributed by atoms with Gasteiger partial charge in [-0.2, -0.15) is 0 Å². The number of aliphatic hydroxyl groups is 1. The molecule has 3 aliphatic rings. The topological polar surface area (TPSA) is 59.2 Å². The highest BCUT2D eigenvalue weighted by Crippen LogP contribution is 2.59. The van der Waals surface area contributed by atoms with E-state index in [4.69, 9.17) is 4.42 Å². The monoisotopic (exact) mass is 354 g/mol. The van der Waals surface area contributed by atoms with Crippen molar-refractivity contribution in [2.75, 3.05) is 0 Å². The maximum absolute atomic E-state index is 9.53. The number of aryl methyl sites for hydroxylation is 1. The van der Waals surface area contributed by atoms with Gasteiger partial charge in [0.15, 0.2) is 0 Å². The Labute approximate surface area is 156 Å². The van der Waals surface area contributed by atoms with Crippen LogP contribution in [0.5, 0.6) is 0 Å². The second-order valence-corrected chi connectivity index (χ2v) is 8.75. The first-order valence-electron chi connectivity index (χ1n) is 10.1. The first kappa shape index (κ1) is 17.7. The third-order valence-electron chi connectivity index (χ3n) is 6.98. The Morgan fingerprint density at radius 1 is 1.08 bits per heavy atom. The van der Waals surface area contributed by atoms with Gasteiger partial charge in [-0.3, -0.25) is 0 Å². The van der Waals surface area contributed by atoms with Gasteiger partial charge in [0.2, 0.25) is 11.8 Å². The molecule has 3 fully saturated rings. The van der Waals surface area contributed by atoms with Crippen LogP contribution < -0.4 is 0 Å². The van der Waals surface area contributed by atoms with Gasteiger partial charge in [0.25, 0.3) is 0 Å². The first-order valence-corrected chi connectivity index (χ1v) is 10.1. The van der Waals surface area contributed by atoms with E-state index in [1.165, 1.54) is 31.2 Å². The van der Waals surface area contributed by atoms with E-state index in [2.05, 4.69) is 29.3 Å². The summed E-state index contributed by atoms with van der Waals surface area (Å²) < 4.78 is 6.20. The van der Waals surface area contributed by atoms with Crippen molar-refractivity contribution in [2.24, 2.45) is 5.41 Å². The second kappa shape index (κ2) is 6.80. The minimum atomic E-state index is -0.170. The molecule has 1 atom stereocenters. The van der Waals surface area contributed by atoms with Crippen LogP contribution in [0.4, 0.5) is 0 Å². The molecule has 2 bridgehead atoms. The van der Waals surface area contributed by atoms with Gasteiger partial charge in [0.1, 0.15) is 0 Å². The SMILES string of the molecule is Cc1ccccc1-c1nnc(C23CCC(CCCC(C)O)(CC2)CC3)o1. The highest BCUT2D eigenvalue weighted by Gasteiger charge is 2.51. The fourth-order valence-electron chi connectivity index (χ4n) is 5.09. The molecule has 3 saturated carbocycles. The average Bonchev–Trinajstić information content (AvgIpc) is 3.14. The summed E-state index contributed by atoms with van der Waals surface area (Å²) in [4.78, 5) is 0. The van der Waals surface area contributed by atoms with Crippen molar-refractivity contribution in [1.29, 1.82) is 0 Å². The van der Waals surface area contributed by atoms with Crippen LogP contribution in [0, 0.1) is 12.3 Å². The lowest BCUT2D eigenvalue weighted by atomic mass is 9.52. The third-order valence-corrected chi connectivity index (χ3v) is 6.98. The van der Waals surface area contributed by atoms with Gasteiger partial charge in [0.05, 0.1) is 6.10 Å². The number of fused-ring (bicyclic) bond motifs is 3. The van der Waals surface area contributed by atoms with E-state index < -0.39 is 0 Å². The lowest BCUT2D eigenvalue weighted by Gasteiger charge is -2.52.